The SMILES string of the molecule is CC(=O)[C@H]1CC[C@H]2[C@@H]3CC[C@H]4C[C@H](O)CC[C@]4(C)[C@H]3[C@@H](OC(=O)CCCCl)C[C@]12C. The largest absolute Gasteiger partial charge is 0.462 e. The number of ketones is 1. The summed E-state index contributed by atoms with van der Waals surface area (Å²) in [5.74, 6) is 2.61. The molecule has 4 aliphatic carbocycles. The fraction of sp³-hybridized carbons (Fsp3) is 0.920. The van der Waals surface area contributed by atoms with E-state index in [4.69, 9.17) is 16.3 Å². The molecule has 0 saturated heterocycles. The van der Waals surface area contributed by atoms with Crippen molar-refractivity contribution >= 4 is 23.4 Å². The van der Waals surface area contributed by atoms with Crippen molar-refractivity contribution in [2.24, 2.45) is 40.4 Å². The van der Waals surface area contributed by atoms with E-state index in [1.807, 2.05) is 0 Å². The van der Waals surface area contributed by atoms with Gasteiger partial charge in [0.15, 0.2) is 0 Å². The van der Waals surface area contributed by atoms with E-state index in [0.29, 0.717) is 48.2 Å². The topological polar surface area (TPSA) is 63.6 Å². The number of ether oxygens (including phenoxy) is 1. The molecule has 4 saturated carbocycles. The second kappa shape index (κ2) is 8.39. The third kappa shape index (κ3) is 3.64. The van der Waals surface area contributed by atoms with E-state index < -0.39 is 0 Å². The first-order valence-electron chi connectivity index (χ1n) is 12.1. The number of aliphatic hydroxyl groups excluding tert-OH is 1. The second-order valence-corrected chi connectivity index (χ2v) is 11.7. The maximum Gasteiger partial charge on any atom is 0.306 e. The lowest BCUT2D eigenvalue weighted by molar-refractivity contribution is -0.199. The summed E-state index contributed by atoms with van der Waals surface area (Å²) in [4.78, 5) is 25.2. The van der Waals surface area contributed by atoms with Gasteiger partial charge in [-0.15, -0.1) is 11.6 Å². The number of hydrogen-bond acceptors (Lipinski definition) is 4. The van der Waals surface area contributed by atoms with Crippen LogP contribution >= 0.6 is 11.6 Å². The minimum Gasteiger partial charge on any atom is -0.462 e. The van der Waals surface area contributed by atoms with Crippen molar-refractivity contribution in [2.45, 2.75) is 97.2 Å². The highest BCUT2D eigenvalue weighted by Crippen LogP contribution is 2.68. The van der Waals surface area contributed by atoms with Crippen LogP contribution in [0.3, 0.4) is 0 Å². The Bertz CT molecular complexity index is 680. The molecule has 0 radical (unpaired) electrons. The average Bonchev–Trinajstić information content (AvgIpc) is 3.03. The maximum absolute atomic E-state index is 12.7. The summed E-state index contributed by atoms with van der Waals surface area (Å²) in [7, 11) is 0. The van der Waals surface area contributed by atoms with Gasteiger partial charge in [0.2, 0.25) is 0 Å². The smallest absolute Gasteiger partial charge is 0.306 e. The van der Waals surface area contributed by atoms with E-state index in [9.17, 15) is 14.7 Å². The van der Waals surface area contributed by atoms with Gasteiger partial charge in [-0.25, -0.2) is 0 Å². The van der Waals surface area contributed by atoms with Gasteiger partial charge in [0.25, 0.3) is 0 Å². The molecule has 4 fully saturated rings. The highest BCUT2D eigenvalue weighted by atomic mass is 35.5. The van der Waals surface area contributed by atoms with Crippen molar-refractivity contribution in [1.82, 2.24) is 0 Å². The molecular weight excluding hydrogens is 400 g/mol. The number of fused-ring (bicyclic) bond motifs is 5. The molecule has 1 N–H and O–H groups in total. The molecule has 5 heteroatoms. The third-order valence-electron chi connectivity index (χ3n) is 9.83. The third-order valence-corrected chi connectivity index (χ3v) is 10.1. The van der Waals surface area contributed by atoms with Gasteiger partial charge >= 0.3 is 5.97 Å². The van der Waals surface area contributed by atoms with Crippen molar-refractivity contribution < 1.29 is 19.4 Å². The standard InChI is InChI=1S/C25H39ClO4/c1-15(27)19-8-9-20-18-7-6-16-13-17(28)10-11-24(16,2)23(18)21(14-25(19,20)3)30-22(29)5-4-12-26/h16-21,23,28H,4-14H2,1-3H3/t16-,17+,18-,19+,20-,21-,23+,24-,25+/m0/s1. The van der Waals surface area contributed by atoms with Crippen molar-refractivity contribution in [3.63, 3.8) is 0 Å². The van der Waals surface area contributed by atoms with E-state index in [1.54, 1.807) is 6.92 Å². The molecule has 0 spiro atoms. The molecule has 0 unspecified atom stereocenters. The van der Waals surface area contributed by atoms with Crippen LogP contribution in [0.1, 0.15) is 85.0 Å². The van der Waals surface area contributed by atoms with Gasteiger partial charge in [0.05, 0.1) is 6.10 Å². The molecule has 0 aromatic rings. The summed E-state index contributed by atoms with van der Waals surface area (Å²) in [6, 6.07) is 0. The Morgan fingerprint density at radius 2 is 1.87 bits per heavy atom. The molecule has 4 aliphatic rings. The predicted octanol–water partition coefficient (Wildman–Crippen LogP) is 5.14. The summed E-state index contributed by atoms with van der Waals surface area (Å²) in [6.45, 7) is 6.44. The minimum atomic E-state index is -0.188. The van der Waals surface area contributed by atoms with E-state index >= 15 is 0 Å². The van der Waals surface area contributed by atoms with Crippen LogP contribution in [-0.4, -0.2) is 34.9 Å². The Kier molecular flexibility index (Phi) is 6.31. The first-order valence-corrected chi connectivity index (χ1v) is 12.7. The number of rotatable bonds is 5. The van der Waals surface area contributed by atoms with Gasteiger partial charge in [-0.3, -0.25) is 9.59 Å². The molecule has 4 nitrogen and oxygen atoms in total. The molecule has 0 aromatic carbocycles. The Balaban J connectivity index is 1.67. The Hall–Kier alpha value is -0.610. The Morgan fingerprint density at radius 3 is 2.57 bits per heavy atom. The van der Waals surface area contributed by atoms with E-state index in [0.717, 1.165) is 51.4 Å². The fourth-order valence-electron chi connectivity index (χ4n) is 8.54. The number of hydrogen-bond donors (Lipinski definition) is 1. The van der Waals surface area contributed by atoms with Crippen LogP contribution in [0.5, 0.6) is 0 Å². The molecule has 30 heavy (non-hydrogen) atoms. The Morgan fingerprint density at radius 1 is 1.10 bits per heavy atom. The molecule has 0 aliphatic heterocycles. The second-order valence-electron chi connectivity index (χ2n) is 11.3. The highest BCUT2D eigenvalue weighted by molar-refractivity contribution is 6.17. The van der Waals surface area contributed by atoms with Crippen LogP contribution in [-0.2, 0) is 14.3 Å². The van der Waals surface area contributed by atoms with E-state index in [1.165, 1.54) is 0 Å². The van der Waals surface area contributed by atoms with Crippen LogP contribution in [0.15, 0.2) is 0 Å². The van der Waals surface area contributed by atoms with Gasteiger partial charge in [-0.05, 0) is 93.3 Å². The molecule has 0 heterocycles. The fourth-order valence-corrected chi connectivity index (χ4v) is 8.67. The molecule has 170 valence electrons. The monoisotopic (exact) mass is 438 g/mol. The quantitative estimate of drug-likeness (QED) is 0.477. The van der Waals surface area contributed by atoms with Crippen molar-refractivity contribution in [3.8, 4) is 0 Å². The van der Waals surface area contributed by atoms with Gasteiger partial charge in [-0.2, -0.15) is 0 Å². The van der Waals surface area contributed by atoms with Crippen LogP contribution in [0, 0.1) is 40.4 Å². The lowest BCUT2D eigenvalue weighted by Gasteiger charge is -2.62. The maximum atomic E-state index is 12.7. The molecular formula is C25H39ClO4. The molecule has 0 amide bonds. The van der Waals surface area contributed by atoms with Crippen LogP contribution in [0.4, 0.5) is 0 Å². The molecule has 0 aromatic heterocycles. The number of Topliss-reactive ketones (excluding diaryl/α,β-unsaturated/α-hetero) is 1. The van der Waals surface area contributed by atoms with Gasteiger partial charge in [-0.1, -0.05) is 13.8 Å². The summed E-state index contributed by atoms with van der Waals surface area (Å²) in [5, 5.41) is 10.3. The average molecular weight is 439 g/mol. The number of alkyl halides is 1. The van der Waals surface area contributed by atoms with Crippen molar-refractivity contribution in [3.05, 3.63) is 0 Å². The molecule has 9 atom stereocenters. The summed E-state index contributed by atoms with van der Waals surface area (Å²) in [6.07, 6.45) is 8.63. The number of esters is 1. The van der Waals surface area contributed by atoms with Crippen molar-refractivity contribution in [2.75, 3.05) is 5.88 Å². The van der Waals surface area contributed by atoms with E-state index in [-0.39, 0.29) is 34.9 Å². The first-order chi connectivity index (χ1) is 14.2. The van der Waals surface area contributed by atoms with Crippen LogP contribution < -0.4 is 0 Å². The lowest BCUT2D eigenvalue weighted by atomic mass is 9.43. The first kappa shape index (κ1) is 22.6. The zero-order valence-electron chi connectivity index (χ0n) is 18.9. The van der Waals surface area contributed by atoms with Crippen LogP contribution in [0.2, 0.25) is 0 Å². The minimum absolute atomic E-state index is 0.0677. The summed E-state index contributed by atoms with van der Waals surface area (Å²) >= 11 is 5.81. The van der Waals surface area contributed by atoms with Gasteiger partial charge < -0.3 is 9.84 Å². The zero-order valence-corrected chi connectivity index (χ0v) is 19.6. The zero-order chi connectivity index (χ0) is 21.7. The van der Waals surface area contributed by atoms with Crippen LogP contribution in [0.25, 0.3) is 0 Å². The summed E-state index contributed by atoms with van der Waals surface area (Å²) in [5.41, 5.74) is 0.0387. The molecule has 4 rings (SSSR count). The number of carbonyl (C=O) groups is 2. The molecule has 0 bridgehead atoms. The highest BCUT2D eigenvalue weighted by Gasteiger charge is 2.64. The number of carbonyl (C=O) groups excluding carboxylic acids is 2. The van der Waals surface area contributed by atoms with E-state index in [2.05, 4.69) is 13.8 Å². The predicted molar refractivity (Wildman–Crippen MR) is 117 cm³/mol. The Labute approximate surface area is 186 Å². The number of halogens is 1. The normalized spacial score (nSPS) is 47.7. The number of aliphatic hydroxyl groups is 1. The summed E-state index contributed by atoms with van der Waals surface area (Å²) < 4.78 is 6.23. The van der Waals surface area contributed by atoms with Gasteiger partial charge in [0.1, 0.15) is 11.9 Å². The van der Waals surface area contributed by atoms with Gasteiger partial charge in [0, 0.05) is 24.1 Å². The lowest BCUT2D eigenvalue weighted by Crippen LogP contribution is -2.60. The van der Waals surface area contributed by atoms with Crippen molar-refractivity contribution in [1.29, 1.82) is 0 Å².